The Kier molecular flexibility index (Phi) is 11.2. The molecule has 0 fully saturated rings. The van der Waals surface area contributed by atoms with Gasteiger partial charge < -0.3 is 19.7 Å². The van der Waals surface area contributed by atoms with Gasteiger partial charge in [-0.1, -0.05) is 0 Å². The maximum Gasteiger partial charge on any atom is 0.194 e. The largest absolute Gasteiger partial charge is 0.490 e. The maximum atomic E-state index is 5.63. The number of rotatable bonds is 9. The molecule has 0 saturated heterocycles. The van der Waals surface area contributed by atoms with E-state index in [4.69, 9.17) is 9.47 Å². The smallest absolute Gasteiger partial charge is 0.194 e. The van der Waals surface area contributed by atoms with Crippen molar-refractivity contribution in [2.24, 2.45) is 4.99 Å². The summed E-state index contributed by atoms with van der Waals surface area (Å²) in [4.78, 5) is 15.3. The van der Waals surface area contributed by atoms with Crippen molar-refractivity contribution in [2.45, 2.75) is 26.5 Å². The Morgan fingerprint density at radius 2 is 2.26 bits per heavy atom. The fraction of sp³-hybridized carbons (Fsp3) is 0.500. The lowest BCUT2D eigenvalue weighted by molar-refractivity contribution is 0.119. The number of halogens is 1. The summed E-state index contributed by atoms with van der Waals surface area (Å²) < 4.78 is 11.0. The molecule has 0 amide bonds. The molecule has 0 aromatic carbocycles. The van der Waals surface area contributed by atoms with E-state index in [1.54, 1.807) is 30.8 Å². The zero-order valence-corrected chi connectivity index (χ0v) is 19.4. The third-order valence-corrected chi connectivity index (χ3v) is 4.68. The molecule has 1 unspecified atom stereocenters. The van der Waals surface area contributed by atoms with E-state index in [9.17, 15) is 0 Å². The van der Waals surface area contributed by atoms with Crippen LogP contribution in [0.2, 0.25) is 0 Å². The average Bonchev–Trinajstić information content (AvgIpc) is 3.12. The first-order valence-electron chi connectivity index (χ1n) is 8.63. The number of ether oxygens (including phenoxy) is 2. The number of nitrogens with one attached hydrogen (secondary N) is 1. The summed E-state index contributed by atoms with van der Waals surface area (Å²) >= 11 is 1.62. The number of aromatic nitrogens is 2. The van der Waals surface area contributed by atoms with Gasteiger partial charge in [0.05, 0.1) is 25.0 Å². The lowest BCUT2D eigenvalue weighted by atomic mass is 10.4. The topological polar surface area (TPSA) is 71.9 Å². The highest BCUT2D eigenvalue weighted by molar-refractivity contribution is 14.0. The van der Waals surface area contributed by atoms with E-state index in [0.29, 0.717) is 19.7 Å². The minimum absolute atomic E-state index is 0. The van der Waals surface area contributed by atoms with Crippen molar-refractivity contribution < 1.29 is 9.47 Å². The van der Waals surface area contributed by atoms with E-state index in [2.05, 4.69) is 37.5 Å². The Morgan fingerprint density at radius 1 is 1.44 bits per heavy atom. The van der Waals surface area contributed by atoms with Crippen LogP contribution in [0.4, 0.5) is 0 Å². The van der Waals surface area contributed by atoms with E-state index in [1.165, 1.54) is 0 Å². The predicted molar refractivity (Wildman–Crippen MR) is 120 cm³/mol. The predicted octanol–water partition coefficient (Wildman–Crippen LogP) is 3.34. The first-order valence-corrected chi connectivity index (χ1v) is 9.51. The highest BCUT2D eigenvalue weighted by atomic mass is 127. The third-order valence-electron chi connectivity index (χ3n) is 3.62. The van der Waals surface area contributed by atoms with Gasteiger partial charge in [-0.15, -0.1) is 35.3 Å². The summed E-state index contributed by atoms with van der Waals surface area (Å²) in [6.07, 6.45) is 3.44. The molecule has 2 rings (SSSR count). The number of hydrogen-bond acceptors (Lipinski definition) is 6. The van der Waals surface area contributed by atoms with Crippen LogP contribution in [0.3, 0.4) is 0 Å². The van der Waals surface area contributed by atoms with Gasteiger partial charge in [-0.05, 0) is 26.0 Å². The number of pyridine rings is 1. The van der Waals surface area contributed by atoms with Crippen molar-refractivity contribution in [1.82, 2.24) is 20.2 Å². The summed E-state index contributed by atoms with van der Waals surface area (Å²) in [5, 5.41) is 6.36. The SMILES string of the molecule is CCNC(=NCCOc1cccnc1)N(C)Cc1csc(C(C)OC)n1.I. The lowest BCUT2D eigenvalue weighted by Gasteiger charge is -2.21. The van der Waals surface area contributed by atoms with Gasteiger partial charge >= 0.3 is 0 Å². The number of thiazole rings is 1. The van der Waals surface area contributed by atoms with Crippen molar-refractivity contribution >= 4 is 41.3 Å². The summed E-state index contributed by atoms with van der Waals surface area (Å²) in [7, 11) is 3.70. The number of aliphatic imine (C=N–C) groups is 1. The fourth-order valence-corrected chi connectivity index (χ4v) is 3.06. The molecule has 27 heavy (non-hydrogen) atoms. The quantitative estimate of drug-likeness (QED) is 0.244. The van der Waals surface area contributed by atoms with Gasteiger partial charge in [0.1, 0.15) is 23.5 Å². The van der Waals surface area contributed by atoms with Gasteiger partial charge in [-0.2, -0.15) is 0 Å². The average molecular weight is 505 g/mol. The minimum Gasteiger partial charge on any atom is -0.490 e. The Balaban J connectivity index is 0.00000364. The summed E-state index contributed by atoms with van der Waals surface area (Å²) in [6, 6.07) is 3.73. The molecule has 2 aromatic heterocycles. The summed E-state index contributed by atoms with van der Waals surface area (Å²) in [5.41, 5.74) is 1.01. The van der Waals surface area contributed by atoms with Crippen LogP contribution in [0.5, 0.6) is 5.75 Å². The van der Waals surface area contributed by atoms with E-state index in [-0.39, 0.29) is 30.1 Å². The minimum atomic E-state index is 0. The van der Waals surface area contributed by atoms with Crippen LogP contribution in [0.1, 0.15) is 30.7 Å². The van der Waals surface area contributed by atoms with Crippen LogP contribution in [-0.2, 0) is 11.3 Å². The highest BCUT2D eigenvalue weighted by Gasteiger charge is 2.12. The third kappa shape index (κ3) is 7.97. The Morgan fingerprint density at radius 3 is 2.93 bits per heavy atom. The van der Waals surface area contributed by atoms with Crippen LogP contribution in [0.25, 0.3) is 0 Å². The monoisotopic (exact) mass is 505 g/mol. The molecule has 0 saturated carbocycles. The molecule has 2 heterocycles. The second kappa shape index (κ2) is 12.8. The van der Waals surface area contributed by atoms with Gasteiger partial charge in [0.15, 0.2) is 5.96 Å². The van der Waals surface area contributed by atoms with Crippen LogP contribution >= 0.6 is 35.3 Å². The molecular formula is C18H28IN5O2S. The summed E-state index contributed by atoms with van der Waals surface area (Å²) in [6.45, 7) is 6.60. The normalized spacial score (nSPS) is 12.2. The molecule has 1 atom stereocenters. The number of guanidine groups is 1. The Labute approximate surface area is 182 Å². The molecule has 2 aromatic rings. The molecule has 7 nitrogen and oxygen atoms in total. The summed E-state index contributed by atoms with van der Waals surface area (Å²) in [5.74, 6) is 1.58. The maximum absolute atomic E-state index is 5.63. The van der Waals surface area contributed by atoms with Crippen molar-refractivity contribution in [3.63, 3.8) is 0 Å². The van der Waals surface area contributed by atoms with Crippen molar-refractivity contribution in [3.05, 3.63) is 40.6 Å². The second-order valence-electron chi connectivity index (χ2n) is 5.68. The molecule has 0 bridgehead atoms. The van der Waals surface area contributed by atoms with Gasteiger partial charge in [0.2, 0.25) is 0 Å². The van der Waals surface area contributed by atoms with Gasteiger partial charge in [0, 0.05) is 32.3 Å². The van der Waals surface area contributed by atoms with E-state index in [1.807, 2.05) is 26.1 Å². The van der Waals surface area contributed by atoms with Crippen molar-refractivity contribution in [1.29, 1.82) is 0 Å². The van der Waals surface area contributed by atoms with Crippen LogP contribution in [0, 0.1) is 0 Å². The standard InChI is InChI=1S/C18H27N5O2S.HI/c1-5-20-18(21-9-10-25-16-7-6-8-19-11-16)23(3)12-15-13-26-17(22-15)14(2)24-4;/h6-8,11,13-14H,5,9-10,12H2,1-4H3,(H,20,21);1H. The first-order chi connectivity index (χ1) is 12.6. The fourth-order valence-electron chi connectivity index (χ4n) is 2.22. The van der Waals surface area contributed by atoms with Crippen LogP contribution in [-0.4, -0.2) is 54.7 Å². The van der Waals surface area contributed by atoms with Gasteiger partial charge in [0.25, 0.3) is 0 Å². The number of hydrogen-bond donors (Lipinski definition) is 1. The Bertz CT molecular complexity index is 683. The second-order valence-corrected chi connectivity index (χ2v) is 6.57. The zero-order chi connectivity index (χ0) is 18.8. The number of nitrogens with zero attached hydrogens (tertiary/aromatic N) is 4. The van der Waals surface area contributed by atoms with Crippen molar-refractivity contribution in [3.8, 4) is 5.75 Å². The highest BCUT2D eigenvalue weighted by Crippen LogP contribution is 2.20. The molecule has 9 heteroatoms. The van der Waals surface area contributed by atoms with Crippen LogP contribution < -0.4 is 10.1 Å². The van der Waals surface area contributed by atoms with Crippen LogP contribution in [0.15, 0.2) is 34.9 Å². The zero-order valence-electron chi connectivity index (χ0n) is 16.2. The van der Waals surface area contributed by atoms with Gasteiger partial charge in [-0.25, -0.2) is 9.98 Å². The van der Waals surface area contributed by atoms with Gasteiger partial charge in [-0.3, -0.25) is 4.98 Å². The molecule has 0 aliphatic rings. The molecule has 150 valence electrons. The molecule has 0 aliphatic heterocycles. The van der Waals surface area contributed by atoms with E-state index in [0.717, 1.165) is 29.0 Å². The molecule has 0 radical (unpaired) electrons. The molecule has 0 spiro atoms. The van der Waals surface area contributed by atoms with E-state index < -0.39 is 0 Å². The first kappa shape index (κ1) is 23.6. The molecule has 0 aliphatic carbocycles. The Hall–Kier alpha value is -1.46. The van der Waals surface area contributed by atoms with Crippen molar-refractivity contribution in [2.75, 3.05) is 33.9 Å². The molecule has 1 N–H and O–H groups in total. The lowest BCUT2D eigenvalue weighted by Crippen LogP contribution is -2.38. The molecular weight excluding hydrogens is 477 g/mol. The number of methoxy groups -OCH3 is 1. The van der Waals surface area contributed by atoms with E-state index >= 15 is 0 Å².